The molecule has 4 aromatic rings. The Kier molecular flexibility index (Phi) is 7.03. The molecular weight excluding hydrogens is 457 g/mol. The zero-order valence-electron chi connectivity index (χ0n) is 18.6. The van der Waals surface area contributed by atoms with Gasteiger partial charge in [-0.25, -0.2) is 9.37 Å². The summed E-state index contributed by atoms with van der Waals surface area (Å²) in [6.45, 7) is 4.10. The molecule has 0 aliphatic rings. The Morgan fingerprint density at radius 3 is 2.74 bits per heavy atom. The summed E-state index contributed by atoms with van der Waals surface area (Å²) in [4.78, 5) is 29.5. The molecule has 0 radical (unpaired) electrons. The topological polar surface area (TPSA) is 93.5 Å². The normalized spacial score (nSPS) is 10.7. The van der Waals surface area contributed by atoms with Crippen LogP contribution in [0, 0.1) is 12.7 Å². The molecule has 4 rings (SSSR count). The van der Waals surface area contributed by atoms with Crippen LogP contribution in [0.25, 0.3) is 10.6 Å². The molecule has 0 fully saturated rings. The van der Waals surface area contributed by atoms with Crippen molar-refractivity contribution in [3.8, 4) is 16.3 Å². The SMILES string of the molecule is CCOc1ccccc1-c1nc(CC(=O)Nc2ccc(F)c(NC(=O)c3ccoc3C)c2)cs1. The van der Waals surface area contributed by atoms with Crippen LogP contribution in [0.15, 0.2) is 64.6 Å². The molecule has 0 saturated carbocycles. The molecule has 0 aliphatic heterocycles. The first-order valence-electron chi connectivity index (χ1n) is 10.6. The van der Waals surface area contributed by atoms with E-state index in [1.54, 1.807) is 6.92 Å². The van der Waals surface area contributed by atoms with Crippen molar-refractivity contribution in [3.05, 3.63) is 83.0 Å². The number of amides is 2. The number of furan rings is 1. The number of ether oxygens (including phenoxy) is 1. The number of halogens is 1. The molecule has 0 spiro atoms. The van der Waals surface area contributed by atoms with E-state index >= 15 is 0 Å². The van der Waals surface area contributed by atoms with Crippen LogP contribution in [0.5, 0.6) is 5.75 Å². The first kappa shape index (κ1) is 23.2. The summed E-state index contributed by atoms with van der Waals surface area (Å²) in [6.07, 6.45) is 1.43. The highest BCUT2D eigenvalue weighted by molar-refractivity contribution is 7.13. The number of hydrogen-bond donors (Lipinski definition) is 2. The Morgan fingerprint density at radius 2 is 1.97 bits per heavy atom. The molecule has 0 bridgehead atoms. The fourth-order valence-corrected chi connectivity index (χ4v) is 4.16. The molecule has 2 amide bonds. The summed E-state index contributed by atoms with van der Waals surface area (Å²) in [7, 11) is 0. The second kappa shape index (κ2) is 10.3. The fraction of sp³-hybridized carbons (Fsp3) is 0.160. The zero-order valence-corrected chi connectivity index (χ0v) is 19.4. The van der Waals surface area contributed by atoms with Crippen molar-refractivity contribution in [1.29, 1.82) is 0 Å². The van der Waals surface area contributed by atoms with Crippen LogP contribution in [-0.4, -0.2) is 23.4 Å². The van der Waals surface area contributed by atoms with Crippen molar-refractivity contribution in [3.63, 3.8) is 0 Å². The van der Waals surface area contributed by atoms with Crippen molar-refractivity contribution in [2.75, 3.05) is 17.2 Å². The Bertz CT molecular complexity index is 1330. The number of anilines is 2. The number of carbonyl (C=O) groups is 2. The van der Waals surface area contributed by atoms with E-state index in [1.165, 1.54) is 41.9 Å². The van der Waals surface area contributed by atoms with Gasteiger partial charge in [-0.2, -0.15) is 0 Å². The number of nitrogens with one attached hydrogen (secondary N) is 2. The minimum Gasteiger partial charge on any atom is -0.493 e. The lowest BCUT2D eigenvalue weighted by atomic mass is 10.2. The van der Waals surface area contributed by atoms with Crippen LogP contribution < -0.4 is 15.4 Å². The van der Waals surface area contributed by atoms with E-state index < -0.39 is 11.7 Å². The highest BCUT2D eigenvalue weighted by Gasteiger charge is 2.16. The number of nitrogens with zero attached hydrogens (tertiary/aromatic N) is 1. The van der Waals surface area contributed by atoms with E-state index in [9.17, 15) is 14.0 Å². The largest absolute Gasteiger partial charge is 0.493 e. The van der Waals surface area contributed by atoms with E-state index in [0.29, 0.717) is 29.3 Å². The van der Waals surface area contributed by atoms with E-state index in [4.69, 9.17) is 9.15 Å². The maximum atomic E-state index is 14.2. The van der Waals surface area contributed by atoms with Crippen molar-refractivity contribution in [2.24, 2.45) is 0 Å². The van der Waals surface area contributed by atoms with Gasteiger partial charge in [0, 0.05) is 11.1 Å². The second-order valence-electron chi connectivity index (χ2n) is 7.34. The number of benzene rings is 2. The number of aryl methyl sites for hydroxylation is 1. The maximum absolute atomic E-state index is 14.2. The summed E-state index contributed by atoms with van der Waals surface area (Å²) in [5, 5.41) is 7.81. The lowest BCUT2D eigenvalue weighted by Crippen LogP contribution is -2.16. The molecule has 9 heteroatoms. The predicted molar refractivity (Wildman–Crippen MR) is 129 cm³/mol. The highest BCUT2D eigenvalue weighted by Crippen LogP contribution is 2.32. The number of thiazole rings is 1. The summed E-state index contributed by atoms with van der Waals surface area (Å²) < 4.78 is 25.0. The van der Waals surface area contributed by atoms with E-state index in [-0.39, 0.29) is 18.0 Å². The van der Waals surface area contributed by atoms with Crippen molar-refractivity contribution < 1.29 is 23.1 Å². The van der Waals surface area contributed by atoms with Gasteiger partial charge in [0.05, 0.1) is 41.8 Å². The van der Waals surface area contributed by atoms with Crippen LogP contribution >= 0.6 is 11.3 Å². The maximum Gasteiger partial charge on any atom is 0.259 e. The summed E-state index contributed by atoms with van der Waals surface area (Å²) in [5.74, 6) is -0.277. The monoisotopic (exact) mass is 479 g/mol. The number of rotatable bonds is 8. The molecule has 2 heterocycles. The number of para-hydroxylation sites is 1. The Morgan fingerprint density at radius 1 is 1.15 bits per heavy atom. The number of hydrogen-bond acceptors (Lipinski definition) is 6. The highest BCUT2D eigenvalue weighted by atomic mass is 32.1. The van der Waals surface area contributed by atoms with Gasteiger partial charge in [-0.15, -0.1) is 11.3 Å². The van der Waals surface area contributed by atoms with Gasteiger partial charge in [-0.05, 0) is 50.2 Å². The third-order valence-corrected chi connectivity index (χ3v) is 5.84. The molecule has 174 valence electrons. The van der Waals surface area contributed by atoms with E-state index in [2.05, 4.69) is 15.6 Å². The summed E-state index contributed by atoms with van der Waals surface area (Å²) >= 11 is 1.43. The van der Waals surface area contributed by atoms with Gasteiger partial charge >= 0.3 is 0 Å². The van der Waals surface area contributed by atoms with Gasteiger partial charge in [0.15, 0.2) is 0 Å². The van der Waals surface area contributed by atoms with E-state index in [0.717, 1.165) is 16.3 Å². The van der Waals surface area contributed by atoms with Crippen LogP contribution in [-0.2, 0) is 11.2 Å². The molecule has 2 aromatic carbocycles. The standard InChI is InChI=1S/C25H22FN3O4S/c1-3-32-22-7-5-4-6-19(22)25-28-17(14-34-25)13-23(30)27-16-8-9-20(26)21(12-16)29-24(31)18-10-11-33-15(18)2/h4-12,14H,3,13H2,1-2H3,(H,27,30)(H,29,31). The Balaban J connectivity index is 1.43. The van der Waals surface area contributed by atoms with Gasteiger partial charge in [0.2, 0.25) is 5.91 Å². The molecule has 0 aliphatic carbocycles. The fourth-order valence-electron chi connectivity index (χ4n) is 3.32. The first-order valence-corrected chi connectivity index (χ1v) is 11.4. The summed E-state index contributed by atoms with van der Waals surface area (Å²) in [5.41, 5.74) is 2.08. The molecular formula is C25H22FN3O4S. The predicted octanol–water partition coefficient (Wildman–Crippen LogP) is 5.68. The van der Waals surface area contributed by atoms with Crippen molar-refractivity contribution >= 4 is 34.5 Å². The number of aromatic nitrogens is 1. The Labute approximate surface area is 199 Å². The zero-order chi connectivity index (χ0) is 24.1. The minimum absolute atomic E-state index is 0.0422. The average molecular weight is 480 g/mol. The third kappa shape index (κ3) is 5.32. The number of carbonyl (C=O) groups excluding carboxylic acids is 2. The second-order valence-corrected chi connectivity index (χ2v) is 8.20. The molecule has 0 atom stereocenters. The molecule has 0 saturated heterocycles. The lowest BCUT2D eigenvalue weighted by molar-refractivity contribution is -0.115. The minimum atomic E-state index is -0.621. The molecule has 2 N–H and O–H groups in total. The van der Waals surface area contributed by atoms with Gasteiger partial charge in [-0.1, -0.05) is 12.1 Å². The smallest absolute Gasteiger partial charge is 0.259 e. The van der Waals surface area contributed by atoms with Crippen molar-refractivity contribution in [1.82, 2.24) is 4.98 Å². The quantitative estimate of drug-likeness (QED) is 0.339. The lowest BCUT2D eigenvalue weighted by Gasteiger charge is -2.09. The molecule has 2 aromatic heterocycles. The van der Waals surface area contributed by atoms with Gasteiger partial charge in [0.25, 0.3) is 5.91 Å². The van der Waals surface area contributed by atoms with Crippen LogP contribution in [0.4, 0.5) is 15.8 Å². The summed E-state index contributed by atoms with van der Waals surface area (Å²) in [6, 6.07) is 13.1. The van der Waals surface area contributed by atoms with E-state index in [1.807, 2.05) is 36.6 Å². The average Bonchev–Trinajstić information content (AvgIpc) is 3.45. The van der Waals surface area contributed by atoms with Gasteiger partial charge in [-0.3, -0.25) is 9.59 Å². The molecule has 0 unspecified atom stereocenters. The van der Waals surface area contributed by atoms with Crippen LogP contribution in [0.3, 0.4) is 0 Å². The van der Waals surface area contributed by atoms with Crippen molar-refractivity contribution in [2.45, 2.75) is 20.3 Å². The van der Waals surface area contributed by atoms with Gasteiger partial charge < -0.3 is 19.8 Å². The van der Waals surface area contributed by atoms with Crippen LogP contribution in [0.1, 0.15) is 28.7 Å². The molecule has 34 heavy (non-hydrogen) atoms. The molecule has 7 nitrogen and oxygen atoms in total. The first-order chi connectivity index (χ1) is 16.4. The Hall–Kier alpha value is -3.98. The van der Waals surface area contributed by atoms with Gasteiger partial charge in [0.1, 0.15) is 22.3 Å². The third-order valence-electron chi connectivity index (χ3n) is 4.91. The van der Waals surface area contributed by atoms with Crippen LogP contribution in [0.2, 0.25) is 0 Å².